The normalized spacial score (nSPS) is 11.2. The van der Waals surface area contributed by atoms with Gasteiger partial charge in [-0.2, -0.15) is 0 Å². The minimum atomic E-state index is -0.982. The van der Waals surface area contributed by atoms with Gasteiger partial charge >= 0.3 is 0 Å². The van der Waals surface area contributed by atoms with Crippen LogP contribution in [0.3, 0.4) is 0 Å². The van der Waals surface area contributed by atoms with Crippen molar-refractivity contribution in [2.24, 2.45) is 5.11 Å². The molecule has 174 valence electrons. The number of amides is 2. The monoisotopic (exact) mass is 455 g/mol. The number of nitrogens with zero attached hydrogens (tertiary/aromatic N) is 4. The molecule has 3 aromatic carbocycles. The largest absolute Gasteiger partial charge is 0.354 e. The molecule has 0 spiro atoms. The molecule has 7 nitrogen and oxygen atoms in total. The molecule has 0 radical (unpaired) electrons. The van der Waals surface area contributed by atoms with Gasteiger partial charge in [-0.1, -0.05) is 91.3 Å². The summed E-state index contributed by atoms with van der Waals surface area (Å²) >= 11 is 0. The van der Waals surface area contributed by atoms with Gasteiger partial charge in [0, 0.05) is 29.3 Å². The van der Waals surface area contributed by atoms with E-state index in [2.05, 4.69) is 15.3 Å². The van der Waals surface area contributed by atoms with Gasteiger partial charge in [0.15, 0.2) is 0 Å². The number of carbonyl (C=O) groups is 2. The van der Waals surface area contributed by atoms with Gasteiger partial charge in [-0.25, -0.2) is 0 Å². The van der Waals surface area contributed by atoms with Crippen molar-refractivity contribution in [3.63, 3.8) is 0 Å². The minimum absolute atomic E-state index is 0.193. The van der Waals surface area contributed by atoms with Crippen molar-refractivity contribution in [1.82, 2.24) is 5.32 Å². The molecule has 0 fully saturated rings. The van der Waals surface area contributed by atoms with E-state index in [1.54, 1.807) is 24.3 Å². The van der Waals surface area contributed by atoms with Crippen molar-refractivity contribution in [2.75, 3.05) is 11.4 Å². The number of carbonyl (C=O) groups excluding carboxylic acids is 2. The Bertz CT molecular complexity index is 1130. The third kappa shape index (κ3) is 6.47. The van der Waals surface area contributed by atoms with E-state index in [1.807, 2.05) is 67.6 Å². The van der Waals surface area contributed by atoms with E-state index in [1.165, 1.54) is 4.90 Å². The minimum Gasteiger partial charge on any atom is -0.354 e. The number of hydrogen-bond acceptors (Lipinski definition) is 3. The van der Waals surface area contributed by atoms with Gasteiger partial charge in [-0.15, -0.1) is 0 Å². The Morgan fingerprint density at radius 3 is 2.29 bits per heavy atom. The number of azide groups is 1. The highest BCUT2D eigenvalue weighted by Crippen LogP contribution is 2.34. The predicted octanol–water partition coefficient (Wildman–Crippen LogP) is 6.25. The molecule has 3 aromatic rings. The van der Waals surface area contributed by atoms with Crippen LogP contribution in [0.2, 0.25) is 0 Å². The third-order valence-corrected chi connectivity index (χ3v) is 5.49. The average molecular weight is 456 g/mol. The topological polar surface area (TPSA) is 98.2 Å². The summed E-state index contributed by atoms with van der Waals surface area (Å²) in [6.07, 6.45) is 2.52. The van der Waals surface area contributed by atoms with Crippen LogP contribution < -0.4 is 10.2 Å². The molecular formula is C27H29N5O2. The number of benzene rings is 3. The Morgan fingerprint density at radius 1 is 0.971 bits per heavy atom. The number of rotatable bonds is 11. The first-order chi connectivity index (χ1) is 16.7. The number of unbranched alkanes of at least 4 members (excludes halogenated alkanes) is 1. The van der Waals surface area contributed by atoms with E-state index in [9.17, 15) is 9.59 Å². The van der Waals surface area contributed by atoms with Gasteiger partial charge < -0.3 is 5.32 Å². The Balaban J connectivity index is 2.04. The summed E-state index contributed by atoms with van der Waals surface area (Å²) in [7, 11) is 0. The van der Waals surface area contributed by atoms with Crippen LogP contribution in [0.15, 0.2) is 90.0 Å². The molecule has 0 aliphatic heterocycles. The molecule has 0 aliphatic carbocycles. The third-order valence-electron chi connectivity index (χ3n) is 5.49. The Kier molecular flexibility index (Phi) is 9.26. The van der Waals surface area contributed by atoms with Crippen molar-refractivity contribution in [1.29, 1.82) is 0 Å². The van der Waals surface area contributed by atoms with E-state index in [4.69, 9.17) is 5.53 Å². The lowest BCUT2D eigenvalue weighted by Gasteiger charge is -2.32. The second-order valence-corrected chi connectivity index (χ2v) is 7.88. The second kappa shape index (κ2) is 12.8. The fraction of sp³-hybridized carbons (Fsp3) is 0.259. The van der Waals surface area contributed by atoms with Crippen LogP contribution in [-0.4, -0.2) is 18.4 Å². The maximum Gasteiger partial charge on any atom is 0.247 e. The van der Waals surface area contributed by atoms with Crippen LogP contribution in [-0.2, 0) is 16.0 Å². The maximum atomic E-state index is 13.7. The number of aryl methyl sites for hydroxylation is 1. The predicted molar refractivity (Wildman–Crippen MR) is 135 cm³/mol. The summed E-state index contributed by atoms with van der Waals surface area (Å²) in [4.78, 5) is 31.7. The van der Waals surface area contributed by atoms with E-state index in [0.717, 1.165) is 18.4 Å². The smallest absolute Gasteiger partial charge is 0.247 e. The first-order valence-corrected chi connectivity index (χ1v) is 11.5. The molecule has 0 saturated carbocycles. The fourth-order valence-corrected chi connectivity index (χ4v) is 3.78. The van der Waals surface area contributed by atoms with Gasteiger partial charge in [-0.05, 0) is 41.6 Å². The number of nitrogens with one attached hydrogen (secondary N) is 1. The molecular weight excluding hydrogens is 426 g/mol. The molecule has 0 aromatic heterocycles. The summed E-state index contributed by atoms with van der Waals surface area (Å²) in [6, 6.07) is 24.8. The van der Waals surface area contributed by atoms with Gasteiger partial charge in [0.25, 0.3) is 0 Å². The van der Waals surface area contributed by atoms with E-state index >= 15 is 0 Å². The van der Waals surface area contributed by atoms with Crippen molar-refractivity contribution in [2.45, 2.75) is 38.6 Å². The van der Waals surface area contributed by atoms with Crippen LogP contribution in [0.25, 0.3) is 10.4 Å². The van der Waals surface area contributed by atoms with Gasteiger partial charge in [0.2, 0.25) is 11.8 Å². The zero-order valence-electron chi connectivity index (χ0n) is 19.3. The molecule has 0 saturated heterocycles. The summed E-state index contributed by atoms with van der Waals surface area (Å²) in [5, 5.41) is 6.76. The molecule has 7 heteroatoms. The highest BCUT2D eigenvalue weighted by Gasteiger charge is 2.33. The molecule has 0 heterocycles. The Labute approximate surface area is 200 Å². The van der Waals surface area contributed by atoms with E-state index in [-0.39, 0.29) is 18.2 Å². The summed E-state index contributed by atoms with van der Waals surface area (Å²) in [6.45, 7) is 2.54. The zero-order chi connectivity index (χ0) is 24.2. The maximum absolute atomic E-state index is 13.7. The van der Waals surface area contributed by atoms with E-state index < -0.39 is 6.04 Å². The quantitative estimate of drug-likeness (QED) is 0.160. The molecule has 3 rings (SSSR count). The lowest BCUT2D eigenvalue weighted by atomic mass is 9.99. The van der Waals surface area contributed by atoms with Gasteiger partial charge in [-0.3, -0.25) is 14.5 Å². The standard InChI is InChI=1S/C27H29N5O2/c1-2-3-20-29-27(34)26(23-16-10-11-17-24(23)30-31-28)32(22-14-8-5-9-15-22)25(33)19-18-21-12-6-4-7-13-21/h4-17,26H,2-3,18-20H2,1H3,(H,29,34). The van der Waals surface area contributed by atoms with Crippen molar-refractivity contribution in [3.05, 3.63) is 106 Å². The molecule has 1 N–H and O–H groups in total. The molecule has 2 amide bonds. The van der Waals surface area contributed by atoms with Crippen LogP contribution in [0.1, 0.15) is 43.4 Å². The Hall–Kier alpha value is -4.09. The summed E-state index contributed by atoms with van der Waals surface area (Å²) in [5.41, 5.74) is 11.5. The second-order valence-electron chi connectivity index (χ2n) is 7.88. The molecule has 1 unspecified atom stereocenters. The van der Waals surface area contributed by atoms with Crippen molar-refractivity contribution < 1.29 is 9.59 Å². The van der Waals surface area contributed by atoms with Crippen LogP contribution >= 0.6 is 0 Å². The number of hydrogen-bond donors (Lipinski definition) is 1. The lowest BCUT2D eigenvalue weighted by molar-refractivity contribution is -0.126. The van der Waals surface area contributed by atoms with Crippen molar-refractivity contribution in [3.8, 4) is 0 Å². The van der Waals surface area contributed by atoms with Crippen molar-refractivity contribution >= 4 is 23.2 Å². The molecule has 1 atom stereocenters. The van der Waals surface area contributed by atoms with Gasteiger partial charge in [0.05, 0.1) is 0 Å². The van der Waals surface area contributed by atoms with Crippen LogP contribution in [0, 0.1) is 0 Å². The summed E-state index contributed by atoms with van der Waals surface area (Å²) in [5.74, 6) is -0.507. The number of para-hydroxylation sites is 1. The first kappa shape index (κ1) is 24.6. The number of anilines is 1. The summed E-state index contributed by atoms with van der Waals surface area (Å²) < 4.78 is 0. The molecule has 34 heavy (non-hydrogen) atoms. The van der Waals surface area contributed by atoms with Gasteiger partial charge in [0.1, 0.15) is 6.04 Å². The Morgan fingerprint density at radius 2 is 1.62 bits per heavy atom. The highest BCUT2D eigenvalue weighted by molar-refractivity contribution is 6.02. The first-order valence-electron chi connectivity index (χ1n) is 11.5. The lowest BCUT2D eigenvalue weighted by Crippen LogP contribution is -2.44. The highest BCUT2D eigenvalue weighted by atomic mass is 16.2. The zero-order valence-corrected chi connectivity index (χ0v) is 19.3. The van der Waals surface area contributed by atoms with E-state index in [0.29, 0.717) is 29.9 Å². The average Bonchev–Trinajstić information content (AvgIpc) is 2.88. The fourth-order valence-electron chi connectivity index (χ4n) is 3.78. The molecule has 0 aliphatic rings. The van der Waals surface area contributed by atoms with Crippen LogP contribution in [0.5, 0.6) is 0 Å². The van der Waals surface area contributed by atoms with Crippen LogP contribution in [0.4, 0.5) is 11.4 Å². The SMILES string of the molecule is CCCCNC(=O)C(c1ccccc1N=[N+]=[N-])N(C(=O)CCc1ccccc1)c1ccccc1. The molecule has 0 bridgehead atoms.